The minimum Gasteiger partial charge on any atom is -0.341 e. The van der Waals surface area contributed by atoms with Gasteiger partial charge < -0.3 is 4.90 Å². The van der Waals surface area contributed by atoms with Gasteiger partial charge in [-0.25, -0.2) is 0 Å². The molecule has 0 spiro atoms. The fourth-order valence-electron chi connectivity index (χ4n) is 1.91. The SMILES string of the molecule is CN(CCc1ccccc1)C(=O)c1cnccc1C#N. The molecule has 0 aliphatic rings. The Morgan fingerprint density at radius 2 is 2.05 bits per heavy atom. The standard InChI is InChI=1S/C16H15N3O/c1-19(10-8-13-5-3-2-4-6-13)16(20)15-12-18-9-7-14(15)11-17/h2-7,9,12H,8,10H2,1H3. The summed E-state index contributed by atoms with van der Waals surface area (Å²) in [4.78, 5) is 17.8. The third kappa shape index (κ3) is 3.21. The smallest absolute Gasteiger partial charge is 0.256 e. The van der Waals surface area contributed by atoms with Crippen LogP contribution in [-0.2, 0) is 6.42 Å². The number of likely N-dealkylation sites (N-methyl/N-ethyl adjacent to an activating group) is 1. The van der Waals surface area contributed by atoms with Gasteiger partial charge in [0.1, 0.15) is 6.07 Å². The summed E-state index contributed by atoms with van der Waals surface area (Å²) in [5, 5.41) is 9.01. The van der Waals surface area contributed by atoms with E-state index in [9.17, 15) is 4.79 Å². The molecule has 100 valence electrons. The molecule has 0 bridgehead atoms. The summed E-state index contributed by atoms with van der Waals surface area (Å²) >= 11 is 0. The Morgan fingerprint density at radius 1 is 1.30 bits per heavy atom. The Bertz CT molecular complexity index is 632. The number of nitriles is 1. The van der Waals surface area contributed by atoms with Crippen molar-refractivity contribution in [2.75, 3.05) is 13.6 Å². The van der Waals surface area contributed by atoms with E-state index >= 15 is 0 Å². The molecule has 2 aromatic rings. The van der Waals surface area contributed by atoms with Crippen LogP contribution in [0.2, 0.25) is 0 Å². The Balaban J connectivity index is 2.04. The summed E-state index contributed by atoms with van der Waals surface area (Å²) in [6.45, 7) is 0.600. The maximum absolute atomic E-state index is 12.3. The lowest BCUT2D eigenvalue weighted by Gasteiger charge is -2.17. The Morgan fingerprint density at radius 3 is 2.75 bits per heavy atom. The van der Waals surface area contributed by atoms with Crippen LogP contribution >= 0.6 is 0 Å². The van der Waals surface area contributed by atoms with E-state index in [4.69, 9.17) is 5.26 Å². The summed E-state index contributed by atoms with van der Waals surface area (Å²) < 4.78 is 0. The predicted molar refractivity (Wildman–Crippen MR) is 76.1 cm³/mol. The molecule has 1 aromatic carbocycles. The average Bonchev–Trinajstić information content (AvgIpc) is 2.52. The lowest BCUT2D eigenvalue weighted by molar-refractivity contribution is 0.0796. The van der Waals surface area contributed by atoms with Gasteiger partial charge in [0.25, 0.3) is 5.91 Å². The molecule has 4 nitrogen and oxygen atoms in total. The number of amides is 1. The third-order valence-corrected chi connectivity index (χ3v) is 3.10. The number of hydrogen-bond acceptors (Lipinski definition) is 3. The first-order valence-corrected chi connectivity index (χ1v) is 6.36. The molecule has 0 atom stereocenters. The first-order valence-electron chi connectivity index (χ1n) is 6.36. The number of pyridine rings is 1. The van der Waals surface area contributed by atoms with Gasteiger partial charge in [0.2, 0.25) is 0 Å². The molecule has 2 rings (SSSR count). The van der Waals surface area contributed by atoms with Gasteiger partial charge in [-0.05, 0) is 18.1 Å². The van der Waals surface area contributed by atoms with Crippen molar-refractivity contribution in [3.05, 3.63) is 65.5 Å². The minimum atomic E-state index is -0.175. The van der Waals surface area contributed by atoms with Crippen LogP contribution in [0.5, 0.6) is 0 Å². The quantitative estimate of drug-likeness (QED) is 0.852. The van der Waals surface area contributed by atoms with Gasteiger partial charge in [-0.2, -0.15) is 5.26 Å². The summed E-state index contributed by atoms with van der Waals surface area (Å²) in [6, 6.07) is 13.6. The molecule has 0 saturated heterocycles. The van der Waals surface area contributed by atoms with Crippen molar-refractivity contribution in [1.29, 1.82) is 5.26 Å². The Labute approximate surface area is 118 Å². The van der Waals surface area contributed by atoms with Gasteiger partial charge in [0, 0.05) is 26.0 Å². The highest BCUT2D eigenvalue weighted by Crippen LogP contribution is 2.09. The molecule has 1 heterocycles. The Kier molecular flexibility index (Phi) is 4.46. The van der Waals surface area contributed by atoms with Crippen molar-refractivity contribution in [3.63, 3.8) is 0 Å². The van der Waals surface area contributed by atoms with Crippen molar-refractivity contribution in [1.82, 2.24) is 9.88 Å². The lowest BCUT2D eigenvalue weighted by atomic mass is 10.1. The number of carbonyl (C=O) groups is 1. The van der Waals surface area contributed by atoms with E-state index in [1.165, 1.54) is 18.0 Å². The summed E-state index contributed by atoms with van der Waals surface area (Å²) in [5.74, 6) is -0.175. The molecule has 4 heteroatoms. The maximum Gasteiger partial charge on any atom is 0.256 e. The van der Waals surface area contributed by atoms with E-state index in [-0.39, 0.29) is 5.91 Å². The lowest BCUT2D eigenvalue weighted by Crippen LogP contribution is -2.29. The van der Waals surface area contributed by atoms with E-state index in [1.54, 1.807) is 18.0 Å². The largest absolute Gasteiger partial charge is 0.341 e. The van der Waals surface area contributed by atoms with Crippen LogP contribution in [-0.4, -0.2) is 29.4 Å². The van der Waals surface area contributed by atoms with Crippen molar-refractivity contribution < 1.29 is 4.79 Å². The summed E-state index contributed by atoms with van der Waals surface area (Å²) in [5.41, 5.74) is 1.89. The Hall–Kier alpha value is -2.67. The molecular weight excluding hydrogens is 250 g/mol. The van der Waals surface area contributed by atoms with Crippen LogP contribution in [0.25, 0.3) is 0 Å². The average molecular weight is 265 g/mol. The fourth-order valence-corrected chi connectivity index (χ4v) is 1.91. The van der Waals surface area contributed by atoms with Crippen LogP contribution < -0.4 is 0 Å². The molecule has 0 aliphatic heterocycles. The summed E-state index contributed by atoms with van der Waals surface area (Å²) in [6.07, 6.45) is 3.74. The third-order valence-electron chi connectivity index (χ3n) is 3.10. The molecule has 1 aromatic heterocycles. The van der Waals surface area contributed by atoms with E-state index in [0.29, 0.717) is 17.7 Å². The van der Waals surface area contributed by atoms with Crippen LogP contribution in [0.3, 0.4) is 0 Å². The predicted octanol–water partition coefficient (Wildman–Crippen LogP) is 2.27. The molecule has 0 fully saturated rings. The second-order valence-electron chi connectivity index (χ2n) is 4.50. The van der Waals surface area contributed by atoms with Gasteiger partial charge in [-0.15, -0.1) is 0 Å². The molecule has 1 amide bonds. The van der Waals surface area contributed by atoms with Crippen LogP contribution in [0.1, 0.15) is 21.5 Å². The van der Waals surface area contributed by atoms with Crippen molar-refractivity contribution in [3.8, 4) is 6.07 Å². The van der Waals surface area contributed by atoms with Crippen LogP contribution in [0.4, 0.5) is 0 Å². The molecule has 0 N–H and O–H groups in total. The van der Waals surface area contributed by atoms with Crippen molar-refractivity contribution >= 4 is 5.91 Å². The molecule has 0 saturated carbocycles. The second kappa shape index (κ2) is 6.48. The maximum atomic E-state index is 12.3. The first-order chi connectivity index (χ1) is 9.72. The molecule has 20 heavy (non-hydrogen) atoms. The highest BCUT2D eigenvalue weighted by molar-refractivity contribution is 5.96. The molecular formula is C16H15N3O. The van der Waals surface area contributed by atoms with Crippen LogP contribution in [0, 0.1) is 11.3 Å². The summed E-state index contributed by atoms with van der Waals surface area (Å²) in [7, 11) is 1.74. The molecule has 0 radical (unpaired) electrons. The van der Waals surface area contributed by atoms with Gasteiger partial charge >= 0.3 is 0 Å². The van der Waals surface area contributed by atoms with Crippen molar-refractivity contribution in [2.24, 2.45) is 0 Å². The first kappa shape index (κ1) is 13.8. The second-order valence-corrected chi connectivity index (χ2v) is 4.50. The zero-order chi connectivity index (χ0) is 14.4. The number of carbonyl (C=O) groups excluding carboxylic acids is 1. The van der Waals surface area contributed by atoms with Gasteiger partial charge in [0.15, 0.2) is 0 Å². The topological polar surface area (TPSA) is 57.0 Å². The highest BCUT2D eigenvalue weighted by Gasteiger charge is 2.15. The highest BCUT2D eigenvalue weighted by atomic mass is 16.2. The van der Waals surface area contributed by atoms with Crippen molar-refractivity contribution in [2.45, 2.75) is 6.42 Å². The number of hydrogen-bond donors (Lipinski definition) is 0. The van der Waals surface area contributed by atoms with E-state index in [0.717, 1.165) is 6.42 Å². The van der Waals surface area contributed by atoms with Gasteiger partial charge in [-0.3, -0.25) is 9.78 Å². The van der Waals surface area contributed by atoms with E-state index in [2.05, 4.69) is 4.98 Å². The van der Waals surface area contributed by atoms with E-state index < -0.39 is 0 Å². The minimum absolute atomic E-state index is 0.175. The number of aromatic nitrogens is 1. The molecule has 0 aliphatic carbocycles. The number of rotatable bonds is 4. The van der Waals surface area contributed by atoms with Gasteiger partial charge in [0.05, 0.1) is 11.1 Å². The number of benzene rings is 1. The monoisotopic (exact) mass is 265 g/mol. The zero-order valence-electron chi connectivity index (χ0n) is 11.3. The van der Waals surface area contributed by atoms with Gasteiger partial charge in [-0.1, -0.05) is 30.3 Å². The normalized spacial score (nSPS) is 9.80. The zero-order valence-corrected chi connectivity index (χ0v) is 11.3. The molecule has 0 unspecified atom stereocenters. The van der Waals surface area contributed by atoms with Crippen LogP contribution in [0.15, 0.2) is 48.8 Å². The number of nitrogens with zero attached hydrogens (tertiary/aromatic N) is 3. The fraction of sp³-hybridized carbons (Fsp3) is 0.188. The van der Waals surface area contributed by atoms with E-state index in [1.807, 2.05) is 36.4 Å².